The first kappa shape index (κ1) is 15.8. The largest absolute Gasteiger partial charge is 0.508 e. The van der Waals surface area contributed by atoms with Crippen molar-refractivity contribution in [2.75, 3.05) is 10.6 Å². The van der Waals surface area contributed by atoms with Crippen LogP contribution in [-0.4, -0.2) is 36.2 Å². The van der Waals surface area contributed by atoms with Crippen LogP contribution in [0.1, 0.15) is 18.5 Å². The number of aromatic hydroxyl groups is 1. The van der Waals surface area contributed by atoms with Crippen LogP contribution in [0.15, 0.2) is 60.1 Å². The maximum absolute atomic E-state index is 13.0. The lowest BCUT2D eigenvalue weighted by atomic mass is 9.95. The summed E-state index contributed by atoms with van der Waals surface area (Å²) in [4.78, 5) is 17.0. The maximum Gasteiger partial charge on any atom is 0.255 e. The standard InChI is InChI=1S/C17H15N7O2/c1-10-14(16(26)20-12-5-3-7-18-9-12)15(11-4-2-6-13(25)8-11)24-17(19-10)21-22-23-24/h2-9,15,25H,1H3,(H,20,26)(H,19,21,23). The Morgan fingerprint density at radius 2 is 2.19 bits per heavy atom. The Kier molecular flexibility index (Phi) is 3.81. The zero-order valence-electron chi connectivity index (χ0n) is 13.8. The van der Waals surface area contributed by atoms with E-state index in [1.165, 1.54) is 4.68 Å². The number of pyridine rings is 1. The van der Waals surface area contributed by atoms with E-state index in [-0.39, 0.29) is 11.7 Å². The van der Waals surface area contributed by atoms with E-state index in [9.17, 15) is 9.90 Å². The number of phenols is 1. The third kappa shape index (κ3) is 2.75. The van der Waals surface area contributed by atoms with Gasteiger partial charge in [-0.25, -0.2) is 0 Å². The van der Waals surface area contributed by atoms with Gasteiger partial charge < -0.3 is 15.7 Å². The second-order valence-electron chi connectivity index (χ2n) is 5.80. The van der Waals surface area contributed by atoms with Gasteiger partial charge in [-0.05, 0) is 47.2 Å². The molecule has 1 aliphatic rings. The van der Waals surface area contributed by atoms with Crippen molar-refractivity contribution >= 4 is 17.5 Å². The summed E-state index contributed by atoms with van der Waals surface area (Å²) in [5.41, 5.74) is 2.34. The third-order valence-corrected chi connectivity index (χ3v) is 4.06. The number of carbonyl (C=O) groups is 1. The number of allylic oxidation sites excluding steroid dienone is 1. The lowest BCUT2D eigenvalue weighted by Gasteiger charge is -2.28. The fourth-order valence-corrected chi connectivity index (χ4v) is 2.94. The fourth-order valence-electron chi connectivity index (χ4n) is 2.94. The first-order chi connectivity index (χ1) is 12.6. The molecule has 0 aliphatic carbocycles. The molecule has 0 fully saturated rings. The quantitative estimate of drug-likeness (QED) is 0.658. The SMILES string of the molecule is CC1=C(C(=O)Nc2cccnc2)C(c2cccc(O)c2)n2nnnc2N1. The average Bonchev–Trinajstić information content (AvgIpc) is 3.09. The number of nitrogens with one attached hydrogen (secondary N) is 2. The second kappa shape index (κ2) is 6.28. The first-order valence-corrected chi connectivity index (χ1v) is 7.89. The highest BCUT2D eigenvalue weighted by atomic mass is 16.3. The van der Waals surface area contributed by atoms with E-state index in [1.807, 2.05) is 6.07 Å². The van der Waals surface area contributed by atoms with Gasteiger partial charge in [0.05, 0.1) is 17.5 Å². The molecule has 4 rings (SSSR count). The van der Waals surface area contributed by atoms with Gasteiger partial charge in [0.2, 0.25) is 5.95 Å². The summed E-state index contributed by atoms with van der Waals surface area (Å²) < 4.78 is 1.51. The Morgan fingerprint density at radius 1 is 1.31 bits per heavy atom. The van der Waals surface area contributed by atoms with Gasteiger partial charge in [-0.2, -0.15) is 4.68 Å². The van der Waals surface area contributed by atoms with E-state index >= 15 is 0 Å². The van der Waals surface area contributed by atoms with Crippen molar-refractivity contribution in [3.63, 3.8) is 0 Å². The van der Waals surface area contributed by atoms with E-state index < -0.39 is 6.04 Å². The molecular weight excluding hydrogens is 334 g/mol. The predicted octanol–water partition coefficient (Wildman–Crippen LogP) is 1.70. The molecule has 0 bridgehead atoms. The van der Waals surface area contributed by atoms with Crippen molar-refractivity contribution in [1.82, 2.24) is 25.2 Å². The summed E-state index contributed by atoms with van der Waals surface area (Å²) in [5, 5.41) is 27.4. The van der Waals surface area contributed by atoms with Crippen molar-refractivity contribution in [3.05, 3.63) is 65.6 Å². The topological polar surface area (TPSA) is 118 Å². The zero-order chi connectivity index (χ0) is 18.1. The van der Waals surface area contributed by atoms with Crippen LogP contribution in [0.5, 0.6) is 5.75 Å². The van der Waals surface area contributed by atoms with Crippen LogP contribution in [0.2, 0.25) is 0 Å². The monoisotopic (exact) mass is 349 g/mol. The number of carbonyl (C=O) groups excluding carboxylic acids is 1. The lowest BCUT2D eigenvalue weighted by Crippen LogP contribution is -2.31. The van der Waals surface area contributed by atoms with E-state index in [1.54, 1.807) is 49.6 Å². The summed E-state index contributed by atoms with van der Waals surface area (Å²) in [6.45, 7) is 1.78. The molecule has 0 radical (unpaired) electrons. The van der Waals surface area contributed by atoms with Crippen LogP contribution < -0.4 is 10.6 Å². The molecule has 1 aromatic carbocycles. The number of anilines is 2. The van der Waals surface area contributed by atoms with Gasteiger partial charge >= 0.3 is 0 Å². The van der Waals surface area contributed by atoms with Gasteiger partial charge in [0.25, 0.3) is 5.91 Å². The molecule has 1 amide bonds. The number of aromatic nitrogens is 5. The predicted molar refractivity (Wildman–Crippen MR) is 93.3 cm³/mol. The van der Waals surface area contributed by atoms with E-state index in [4.69, 9.17) is 0 Å². The number of amides is 1. The molecule has 0 spiro atoms. The Labute approximate surface area is 148 Å². The fraction of sp³-hybridized carbons (Fsp3) is 0.118. The summed E-state index contributed by atoms with van der Waals surface area (Å²) in [6.07, 6.45) is 3.20. The normalized spacial score (nSPS) is 16.0. The highest BCUT2D eigenvalue weighted by Crippen LogP contribution is 2.35. The molecule has 2 aromatic heterocycles. The molecule has 3 N–H and O–H groups in total. The molecule has 1 atom stereocenters. The molecule has 3 aromatic rings. The minimum absolute atomic E-state index is 0.0975. The first-order valence-electron chi connectivity index (χ1n) is 7.89. The molecule has 0 saturated carbocycles. The lowest BCUT2D eigenvalue weighted by molar-refractivity contribution is -0.113. The molecule has 9 heteroatoms. The molecule has 1 unspecified atom stereocenters. The van der Waals surface area contributed by atoms with Crippen LogP contribution in [0.25, 0.3) is 0 Å². The van der Waals surface area contributed by atoms with Crippen molar-refractivity contribution in [1.29, 1.82) is 0 Å². The van der Waals surface area contributed by atoms with Crippen LogP contribution in [-0.2, 0) is 4.79 Å². The van der Waals surface area contributed by atoms with Gasteiger partial charge in [-0.15, -0.1) is 0 Å². The Bertz CT molecular complexity index is 997. The summed E-state index contributed by atoms with van der Waals surface area (Å²) in [6, 6.07) is 9.59. The van der Waals surface area contributed by atoms with E-state index in [2.05, 4.69) is 31.1 Å². The average molecular weight is 349 g/mol. The maximum atomic E-state index is 13.0. The van der Waals surface area contributed by atoms with Gasteiger partial charge in [-0.1, -0.05) is 17.2 Å². The number of hydrogen-bond donors (Lipinski definition) is 3. The summed E-state index contributed by atoms with van der Waals surface area (Å²) >= 11 is 0. The molecule has 3 heterocycles. The number of rotatable bonds is 3. The van der Waals surface area contributed by atoms with Gasteiger partial charge in [0.1, 0.15) is 11.8 Å². The molecule has 130 valence electrons. The van der Waals surface area contributed by atoms with Gasteiger partial charge in [-0.3, -0.25) is 9.78 Å². The highest BCUT2D eigenvalue weighted by Gasteiger charge is 2.34. The summed E-state index contributed by atoms with van der Waals surface area (Å²) in [7, 11) is 0. The minimum Gasteiger partial charge on any atom is -0.508 e. The smallest absolute Gasteiger partial charge is 0.255 e. The number of nitrogens with zero attached hydrogens (tertiary/aromatic N) is 5. The Morgan fingerprint density at radius 3 is 2.96 bits per heavy atom. The highest BCUT2D eigenvalue weighted by molar-refractivity contribution is 6.05. The molecule has 9 nitrogen and oxygen atoms in total. The minimum atomic E-state index is -0.579. The van der Waals surface area contributed by atoms with Crippen LogP contribution in [0.4, 0.5) is 11.6 Å². The van der Waals surface area contributed by atoms with Crippen LogP contribution in [0.3, 0.4) is 0 Å². The number of benzene rings is 1. The van der Waals surface area contributed by atoms with E-state index in [0.717, 1.165) is 0 Å². The van der Waals surface area contributed by atoms with Gasteiger partial charge in [0.15, 0.2) is 0 Å². The molecule has 26 heavy (non-hydrogen) atoms. The number of phenolic OH excluding ortho intramolecular Hbond substituents is 1. The second-order valence-corrected chi connectivity index (χ2v) is 5.80. The number of hydrogen-bond acceptors (Lipinski definition) is 7. The van der Waals surface area contributed by atoms with Crippen LogP contribution in [0, 0.1) is 0 Å². The third-order valence-electron chi connectivity index (χ3n) is 4.06. The number of fused-ring (bicyclic) bond motifs is 1. The summed E-state index contributed by atoms with van der Waals surface area (Å²) in [5.74, 6) is 0.214. The van der Waals surface area contributed by atoms with Crippen molar-refractivity contribution in [2.24, 2.45) is 0 Å². The number of tetrazole rings is 1. The van der Waals surface area contributed by atoms with Crippen molar-refractivity contribution in [3.8, 4) is 5.75 Å². The van der Waals surface area contributed by atoms with E-state index in [0.29, 0.717) is 28.5 Å². The zero-order valence-corrected chi connectivity index (χ0v) is 13.8. The van der Waals surface area contributed by atoms with Crippen LogP contribution >= 0.6 is 0 Å². The Balaban J connectivity index is 1.78. The molecular formula is C17H15N7O2. The molecule has 0 saturated heterocycles. The van der Waals surface area contributed by atoms with Crippen molar-refractivity contribution in [2.45, 2.75) is 13.0 Å². The Hall–Kier alpha value is -3.75. The molecule has 1 aliphatic heterocycles. The van der Waals surface area contributed by atoms with Crippen molar-refractivity contribution < 1.29 is 9.90 Å². The van der Waals surface area contributed by atoms with Gasteiger partial charge in [0, 0.05) is 11.9 Å².